The zero-order valence-corrected chi connectivity index (χ0v) is 10.7. The summed E-state index contributed by atoms with van der Waals surface area (Å²) < 4.78 is 0. The summed E-state index contributed by atoms with van der Waals surface area (Å²) in [5, 5.41) is 0. The summed E-state index contributed by atoms with van der Waals surface area (Å²) in [4.78, 5) is 14.3. The molecule has 3 aliphatic rings. The highest BCUT2D eigenvalue weighted by molar-refractivity contribution is 5.94. The summed E-state index contributed by atoms with van der Waals surface area (Å²) >= 11 is 0. The fourth-order valence-corrected chi connectivity index (χ4v) is 4.46. The second kappa shape index (κ2) is 3.37. The molecular weight excluding hydrogens is 222 g/mol. The van der Waals surface area contributed by atoms with E-state index in [1.165, 1.54) is 32.1 Å². The molecule has 0 radical (unpaired) electrons. The summed E-state index contributed by atoms with van der Waals surface area (Å²) in [6.07, 6.45) is 7.10. The summed E-state index contributed by atoms with van der Waals surface area (Å²) in [6.45, 7) is 2.00. The van der Waals surface area contributed by atoms with E-state index >= 15 is 0 Å². The fourth-order valence-electron chi connectivity index (χ4n) is 4.46. The molecule has 0 bridgehead atoms. The van der Waals surface area contributed by atoms with E-state index in [9.17, 15) is 4.79 Å². The van der Waals surface area contributed by atoms with Crippen LogP contribution < -0.4 is 0 Å². The second-order valence-electron chi connectivity index (χ2n) is 6.73. The van der Waals surface area contributed by atoms with Gasteiger partial charge in [0.15, 0.2) is 0 Å². The monoisotopic (exact) mass is 241 g/mol. The number of amides is 1. The van der Waals surface area contributed by atoms with Crippen molar-refractivity contribution >= 4 is 5.91 Å². The topological polar surface area (TPSA) is 20.3 Å². The van der Waals surface area contributed by atoms with Crippen LogP contribution in [0.3, 0.4) is 0 Å². The van der Waals surface area contributed by atoms with Crippen LogP contribution in [0.5, 0.6) is 0 Å². The van der Waals surface area contributed by atoms with Gasteiger partial charge in [-0.1, -0.05) is 24.6 Å². The maximum absolute atomic E-state index is 12.2. The number of hydrogen-bond acceptors (Lipinski definition) is 1. The smallest absolute Gasteiger partial charge is 0.253 e. The quantitative estimate of drug-likeness (QED) is 0.740. The molecule has 1 aliphatic heterocycles. The van der Waals surface area contributed by atoms with Gasteiger partial charge in [0, 0.05) is 24.1 Å². The Morgan fingerprint density at radius 3 is 2.22 bits per heavy atom. The molecule has 2 heteroatoms. The Hall–Kier alpha value is -1.31. The fraction of sp³-hybridized carbons (Fsp3) is 0.562. The van der Waals surface area contributed by atoms with Crippen molar-refractivity contribution in [1.29, 1.82) is 0 Å². The lowest BCUT2D eigenvalue weighted by molar-refractivity contribution is -0.161. The first-order valence-corrected chi connectivity index (χ1v) is 7.05. The van der Waals surface area contributed by atoms with Gasteiger partial charge in [0.05, 0.1) is 0 Å². The first-order chi connectivity index (χ1) is 8.71. The van der Waals surface area contributed by atoms with Crippen molar-refractivity contribution in [3.63, 3.8) is 0 Å². The van der Waals surface area contributed by atoms with Gasteiger partial charge in [-0.2, -0.15) is 0 Å². The number of nitrogens with zero attached hydrogens (tertiary/aromatic N) is 1. The van der Waals surface area contributed by atoms with Gasteiger partial charge in [-0.3, -0.25) is 4.79 Å². The van der Waals surface area contributed by atoms with Gasteiger partial charge < -0.3 is 4.90 Å². The van der Waals surface area contributed by atoms with E-state index in [2.05, 4.69) is 0 Å². The third-order valence-corrected chi connectivity index (χ3v) is 5.27. The Kier molecular flexibility index (Phi) is 1.98. The molecule has 0 aromatic heterocycles. The van der Waals surface area contributed by atoms with E-state index in [1.807, 2.05) is 35.2 Å². The number of hydrogen-bond donors (Lipinski definition) is 0. The van der Waals surface area contributed by atoms with Crippen LogP contribution in [0.15, 0.2) is 30.3 Å². The molecule has 1 saturated heterocycles. The molecule has 1 amide bonds. The van der Waals surface area contributed by atoms with Crippen LogP contribution in [-0.2, 0) is 0 Å². The van der Waals surface area contributed by atoms with E-state index in [0.29, 0.717) is 5.41 Å². The minimum atomic E-state index is 0.218. The molecule has 3 fully saturated rings. The average molecular weight is 241 g/mol. The number of rotatable bonds is 1. The normalized spacial score (nSPS) is 26.3. The highest BCUT2D eigenvalue weighted by Gasteiger charge is 2.62. The first kappa shape index (κ1) is 10.6. The lowest BCUT2D eigenvalue weighted by Crippen LogP contribution is -2.67. The summed E-state index contributed by atoms with van der Waals surface area (Å²) in [7, 11) is 0. The zero-order chi connectivity index (χ0) is 12.2. The molecule has 1 aromatic carbocycles. The molecule has 0 atom stereocenters. The van der Waals surface area contributed by atoms with Crippen molar-refractivity contribution < 1.29 is 4.79 Å². The van der Waals surface area contributed by atoms with Crippen LogP contribution in [0.4, 0.5) is 0 Å². The molecule has 4 rings (SSSR count). The van der Waals surface area contributed by atoms with Gasteiger partial charge in [-0.15, -0.1) is 0 Å². The zero-order valence-electron chi connectivity index (χ0n) is 10.7. The van der Waals surface area contributed by atoms with Gasteiger partial charge >= 0.3 is 0 Å². The maximum atomic E-state index is 12.2. The van der Waals surface area contributed by atoms with Crippen molar-refractivity contribution in [2.45, 2.75) is 32.1 Å². The van der Waals surface area contributed by atoms with Crippen LogP contribution in [0, 0.1) is 10.8 Å². The van der Waals surface area contributed by atoms with Crippen molar-refractivity contribution in [2.75, 3.05) is 13.1 Å². The van der Waals surface area contributed by atoms with Crippen molar-refractivity contribution in [2.24, 2.45) is 10.8 Å². The third-order valence-electron chi connectivity index (χ3n) is 5.27. The predicted octanol–water partition coefficient (Wildman–Crippen LogP) is 3.09. The van der Waals surface area contributed by atoms with Gasteiger partial charge in [0.1, 0.15) is 0 Å². The van der Waals surface area contributed by atoms with Crippen LogP contribution in [0.2, 0.25) is 0 Å². The second-order valence-corrected chi connectivity index (χ2v) is 6.73. The van der Waals surface area contributed by atoms with E-state index in [0.717, 1.165) is 24.1 Å². The minimum absolute atomic E-state index is 0.218. The van der Waals surface area contributed by atoms with Crippen molar-refractivity contribution in [3.8, 4) is 0 Å². The Balaban J connectivity index is 1.38. The van der Waals surface area contributed by atoms with Gasteiger partial charge in [0.2, 0.25) is 0 Å². The molecule has 1 heterocycles. The average Bonchev–Trinajstić information content (AvgIpc) is 2.24. The largest absolute Gasteiger partial charge is 0.337 e. The highest BCUT2D eigenvalue weighted by Crippen LogP contribution is 2.67. The predicted molar refractivity (Wildman–Crippen MR) is 70.3 cm³/mol. The van der Waals surface area contributed by atoms with E-state index in [4.69, 9.17) is 0 Å². The van der Waals surface area contributed by atoms with E-state index < -0.39 is 0 Å². The highest BCUT2D eigenvalue weighted by atomic mass is 16.2. The summed E-state index contributed by atoms with van der Waals surface area (Å²) in [6, 6.07) is 9.68. The van der Waals surface area contributed by atoms with Gasteiger partial charge in [-0.05, 0) is 43.2 Å². The molecule has 2 nitrogen and oxygen atoms in total. The SMILES string of the molecule is O=C(c1ccccc1)N1CC2(C1)CC1(CCC1)C2. The van der Waals surface area contributed by atoms with Crippen LogP contribution in [-0.4, -0.2) is 23.9 Å². The maximum Gasteiger partial charge on any atom is 0.253 e. The Morgan fingerprint density at radius 1 is 1.00 bits per heavy atom. The summed E-state index contributed by atoms with van der Waals surface area (Å²) in [5.41, 5.74) is 2.08. The molecule has 2 aliphatic carbocycles. The molecule has 0 unspecified atom stereocenters. The summed E-state index contributed by atoms with van der Waals surface area (Å²) in [5.74, 6) is 0.218. The van der Waals surface area contributed by atoms with Crippen LogP contribution >= 0.6 is 0 Å². The molecule has 94 valence electrons. The van der Waals surface area contributed by atoms with E-state index in [1.54, 1.807) is 0 Å². The number of carbonyl (C=O) groups excluding carboxylic acids is 1. The van der Waals surface area contributed by atoms with Crippen molar-refractivity contribution in [1.82, 2.24) is 4.90 Å². The first-order valence-electron chi connectivity index (χ1n) is 7.05. The van der Waals surface area contributed by atoms with Crippen LogP contribution in [0.25, 0.3) is 0 Å². The molecule has 2 spiro atoms. The third kappa shape index (κ3) is 1.38. The molecule has 0 N–H and O–H groups in total. The van der Waals surface area contributed by atoms with Crippen LogP contribution in [0.1, 0.15) is 42.5 Å². The molecule has 18 heavy (non-hydrogen) atoms. The Labute approximate surface area is 108 Å². The van der Waals surface area contributed by atoms with Crippen molar-refractivity contribution in [3.05, 3.63) is 35.9 Å². The molecule has 1 aromatic rings. The Bertz CT molecular complexity index is 473. The number of benzene rings is 1. The van der Waals surface area contributed by atoms with Gasteiger partial charge in [-0.25, -0.2) is 0 Å². The minimum Gasteiger partial charge on any atom is -0.337 e. The lowest BCUT2D eigenvalue weighted by atomic mass is 9.43. The van der Waals surface area contributed by atoms with E-state index in [-0.39, 0.29) is 5.91 Å². The number of likely N-dealkylation sites (tertiary alicyclic amines) is 1. The standard InChI is InChI=1S/C16H19NO/c18-14(13-5-2-1-3-6-13)17-11-16(12-17)9-15(10-16)7-4-8-15/h1-3,5-6H,4,7-12H2. The molecule has 2 saturated carbocycles. The number of carbonyl (C=O) groups is 1. The van der Waals surface area contributed by atoms with Gasteiger partial charge in [0.25, 0.3) is 5.91 Å². The molecular formula is C16H19NO. The lowest BCUT2D eigenvalue weighted by Gasteiger charge is -2.67. The Morgan fingerprint density at radius 2 is 1.67 bits per heavy atom.